The summed E-state index contributed by atoms with van der Waals surface area (Å²) in [7, 11) is 0. The van der Waals surface area contributed by atoms with Crippen molar-refractivity contribution in [3.63, 3.8) is 0 Å². The minimum atomic E-state index is -0.682. The van der Waals surface area contributed by atoms with Crippen molar-refractivity contribution in [1.82, 2.24) is 0 Å². The second kappa shape index (κ2) is 15.1. The van der Waals surface area contributed by atoms with Gasteiger partial charge in [0.1, 0.15) is 5.78 Å². The number of hydrogen-bond donors (Lipinski definition) is 1. The Hall–Kier alpha value is -0.860. The standard InChI is InChI=1S/C8H16O.C6H12O2/c1-3-4-5-6-7-8(2)9;1-2-3-4-5-6(7)8/h3-7H2,1-2H3;2-5H2,1H3,(H,7,8). The van der Waals surface area contributed by atoms with Gasteiger partial charge < -0.3 is 9.90 Å². The highest BCUT2D eigenvalue weighted by molar-refractivity contribution is 5.75. The third-order valence-electron chi connectivity index (χ3n) is 2.38. The first kappa shape index (κ1) is 18.5. The van der Waals surface area contributed by atoms with Crippen molar-refractivity contribution in [3.8, 4) is 0 Å². The molecular formula is C14H28O3. The lowest BCUT2D eigenvalue weighted by molar-refractivity contribution is -0.137. The molecule has 0 aliphatic rings. The van der Waals surface area contributed by atoms with Crippen molar-refractivity contribution >= 4 is 11.8 Å². The predicted molar refractivity (Wildman–Crippen MR) is 71.2 cm³/mol. The van der Waals surface area contributed by atoms with Gasteiger partial charge >= 0.3 is 5.97 Å². The van der Waals surface area contributed by atoms with E-state index >= 15 is 0 Å². The number of carbonyl (C=O) groups is 2. The van der Waals surface area contributed by atoms with Crippen LogP contribution in [0, 0.1) is 0 Å². The molecule has 0 rings (SSSR count). The molecule has 0 aromatic carbocycles. The van der Waals surface area contributed by atoms with Crippen molar-refractivity contribution in [2.45, 2.75) is 78.6 Å². The molecule has 0 bridgehead atoms. The quantitative estimate of drug-likeness (QED) is 0.618. The maximum atomic E-state index is 10.4. The van der Waals surface area contributed by atoms with Crippen LogP contribution in [-0.4, -0.2) is 16.9 Å². The first-order chi connectivity index (χ1) is 8.04. The zero-order valence-corrected chi connectivity index (χ0v) is 11.6. The maximum Gasteiger partial charge on any atom is 0.303 e. The van der Waals surface area contributed by atoms with E-state index < -0.39 is 5.97 Å². The molecule has 0 saturated heterocycles. The molecule has 1 N–H and O–H groups in total. The SMILES string of the molecule is CCCCCC(=O)O.CCCCCCC(C)=O. The lowest BCUT2D eigenvalue weighted by Crippen LogP contribution is -1.92. The molecule has 0 aliphatic heterocycles. The van der Waals surface area contributed by atoms with Gasteiger partial charge in [-0.3, -0.25) is 4.79 Å². The molecule has 102 valence electrons. The average molecular weight is 244 g/mol. The van der Waals surface area contributed by atoms with E-state index in [4.69, 9.17) is 5.11 Å². The monoisotopic (exact) mass is 244 g/mol. The smallest absolute Gasteiger partial charge is 0.303 e. The minimum Gasteiger partial charge on any atom is -0.481 e. The zero-order chi connectivity index (χ0) is 13.5. The van der Waals surface area contributed by atoms with Gasteiger partial charge in [0, 0.05) is 12.8 Å². The average Bonchev–Trinajstić information content (AvgIpc) is 2.25. The molecule has 0 aromatic heterocycles. The molecule has 0 spiro atoms. The van der Waals surface area contributed by atoms with E-state index in [9.17, 15) is 9.59 Å². The topological polar surface area (TPSA) is 54.4 Å². The summed E-state index contributed by atoms with van der Waals surface area (Å²) in [5.41, 5.74) is 0. The summed E-state index contributed by atoms with van der Waals surface area (Å²) in [6.07, 6.45) is 8.88. The van der Waals surface area contributed by atoms with Crippen molar-refractivity contribution in [2.24, 2.45) is 0 Å². The van der Waals surface area contributed by atoms with Crippen LogP contribution in [0.1, 0.15) is 78.6 Å². The number of carbonyl (C=O) groups excluding carboxylic acids is 1. The molecular weight excluding hydrogens is 216 g/mol. The van der Waals surface area contributed by atoms with E-state index in [1.807, 2.05) is 0 Å². The number of ketones is 1. The lowest BCUT2D eigenvalue weighted by Gasteiger charge is -1.93. The fourth-order valence-electron chi connectivity index (χ4n) is 1.33. The molecule has 0 unspecified atom stereocenters. The van der Waals surface area contributed by atoms with Gasteiger partial charge in [-0.15, -0.1) is 0 Å². The lowest BCUT2D eigenvalue weighted by atomic mass is 10.1. The van der Waals surface area contributed by atoms with E-state index in [0.29, 0.717) is 12.2 Å². The van der Waals surface area contributed by atoms with E-state index in [-0.39, 0.29) is 0 Å². The van der Waals surface area contributed by atoms with Crippen molar-refractivity contribution in [2.75, 3.05) is 0 Å². The highest BCUT2D eigenvalue weighted by Crippen LogP contribution is 2.01. The third kappa shape index (κ3) is 25.4. The van der Waals surface area contributed by atoms with Crippen LogP contribution < -0.4 is 0 Å². The van der Waals surface area contributed by atoms with Crippen molar-refractivity contribution in [3.05, 3.63) is 0 Å². The molecule has 3 nitrogen and oxygen atoms in total. The summed E-state index contributed by atoms with van der Waals surface area (Å²) in [5.74, 6) is -0.357. The predicted octanol–water partition coefficient (Wildman–Crippen LogP) is 4.20. The Bertz CT molecular complexity index is 188. The van der Waals surface area contributed by atoms with Crippen LogP contribution in [0.25, 0.3) is 0 Å². The van der Waals surface area contributed by atoms with Gasteiger partial charge in [0.2, 0.25) is 0 Å². The summed E-state index contributed by atoms with van der Waals surface area (Å²) in [6, 6.07) is 0. The van der Waals surface area contributed by atoms with Gasteiger partial charge in [0.25, 0.3) is 0 Å². The van der Waals surface area contributed by atoms with Crippen LogP contribution in [0.2, 0.25) is 0 Å². The molecule has 0 amide bonds. The number of hydrogen-bond acceptors (Lipinski definition) is 2. The van der Waals surface area contributed by atoms with Crippen LogP contribution in [0.3, 0.4) is 0 Å². The summed E-state index contributed by atoms with van der Waals surface area (Å²) in [4.78, 5) is 20.3. The molecule has 0 aromatic rings. The number of carboxylic acid groups (broad SMARTS) is 1. The number of unbranched alkanes of at least 4 members (excludes halogenated alkanes) is 5. The Kier molecular flexibility index (Phi) is 16.5. The van der Waals surface area contributed by atoms with Crippen molar-refractivity contribution < 1.29 is 14.7 Å². The Morgan fingerprint density at radius 3 is 1.71 bits per heavy atom. The van der Waals surface area contributed by atoms with E-state index in [1.165, 1.54) is 19.3 Å². The Morgan fingerprint density at radius 1 is 0.824 bits per heavy atom. The Morgan fingerprint density at radius 2 is 1.29 bits per heavy atom. The summed E-state index contributed by atoms with van der Waals surface area (Å²) in [6.45, 7) is 5.89. The van der Waals surface area contributed by atoms with Gasteiger partial charge in [-0.05, 0) is 19.8 Å². The normalized spacial score (nSPS) is 9.35. The van der Waals surface area contributed by atoms with Gasteiger partial charge in [-0.1, -0.05) is 46.0 Å². The first-order valence-corrected chi connectivity index (χ1v) is 6.75. The second-order valence-corrected chi connectivity index (χ2v) is 4.36. The number of rotatable bonds is 9. The molecule has 17 heavy (non-hydrogen) atoms. The van der Waals surface area contributed by atoms with Gasteiger partial charge in [0.05, 0.1) is 0 Å². The minimum absolute atomic E-state index is 0.325. The highest BCUT2D eigenvalue weighted by Gasteiger charge is 1.93. The summed E-state index contributed by atoms with van der Waals surface area (Å²) in [5, 5.41) is 8.14. The van der Waals surface area contributed by atoms with Crippen LogP contribution in [0.4, 0.5) is 0 Å². The molecule has 3 heteroatoms. The molecule has 0 fully saturated rings. The van der Waals surface area contributed by atoms with Crippen molar-refractivity contribution in [1.29, 1.82) is 0 Å². The van der Waals surface area contributed by atoms with E-state index in [0.717, 1.165) is 32.1 Å². The molecule has 0 heterocycles. The van der Waals surface area contributed by atoms with Gasteiger partial charge in [-0.2, -0.15) is 0 Å². The van der Waals surface area contributed by atoms with Gasteiger partial charge in [-0.25, -0.2) is 0 Å². The van der Waals surface area contributed by atoms with Crippen LogP contribution in [0.15, 0.2) is 0 Å². The first-order valence-electron chi connectivity index (χ1n) is 6.75. The Balaban J connectivity index is 0. The zero-order valence-electron chi connectivity index (χ0n) is 11.6. The fraction of sp³-hybridized carbons (Fsp3) is 0.857. The third-order valence-corrected chi connectivity index (χ3v) is 2.38. The molecule has 0 aliphatic carbocycles. The summed E-state index contributed by atoms with van der Waals surface area (Å²) >= 11 is 0. The molecule has 0 atom stereocenters. The van der Waals surface area contributed by atoms with Crippen LogP contribution in [0.5, 0.6) is 0 Å². The maximum absolute atomic E-state index is 10.4. The van der Waals surface area contributed by atoms with Gasteiger partial charge in [0.15, 0.2) is 0 Å². The number of aliphatic carboxylic acids is 1. The highest BCUT2D eigenvalue weighted by atomic mass is 16.4. The van der Waals surface area contributed by atoms with E-state index in [2.05, 4.69) is 13.8 Å². The van der Waals surface area contributed by atoms with Crippen LogP contribution in [-0.2, 0) is 9.59 Å². The largest absolute Gasteiger partial charge is 0.481 e. The number of carboxylic acids is 1. The second-order valence-electron chi connectivity index (χ2n) is 4.36. The molecule has 0 radical (unpaired) electrons. The van der Waals surface area contributed by atoms with Crippen LogP contribution >= 0.6 is 0 Å². The number of Topliss-reactive ketones (excluding diaryl/α,β-unsaturated/α-hetero) is 1. The molecule has 0 saturated carbocycles. The summed E-state index contributed by atoms with van der Waals surface area (Å²) < 4.78 is 0. The van der Waals surface area contributed by atoms with E-state index in [1.54, 1.807) is 6.92 Å². The Labute approximate surface area is 106 Å². The fourth-order valence-corrected chi connectivity index (χ4v) is 1.33.